The first-order chi connectivity index (χ1) is 9.74. The Balaban J connectivity index is 2.56. The van der Waals surface area contributed by atoms with Crippen LogP contribution in [0.3, 0.4) is 0 Å². The number of urea groups is 1. The van der Waals surface area contributed by atoms with Gasteiger partial charge in [0.05, 0.1) is 4.90 Å². The Hall–Kier alpha value is -2.13. The first kappa shape index (κ1) is 16.9. The van der Waals surface area contributed by atoms with Crippen LogP contribution in [0.25, 0.3) is 0 Å². The van der Waals surface area contributed by atoms with Crippen molar-refractivity contribution in [2.45, 2.75) is 30.8 Å². The number of benzene rings is 1. The second-order valence-corrected chi connectivity index (χ2v) is 5.88. The SMILES string of the molecule is CCC(NC(=O)NCc1ccc(S(N)(=O)=O)cc1)C(=O)O. The zero-order valence-corrected chi connectivity index (χ0v) is 12.2. The van der Waals surface area contributed by atoms with Crippen molar-refractivity contribution < 1.29 is 23.1 Å². The number of carboxylic acid groups (broad SMARTS) is 1. The van der Waals surface area contributed by atoms with Crippen LogP contribution in [0.5, 0.6) is 0 Å². The van der Waals surface area contributed by atoms with Gasteiger partial charge in [0.1, 0.15) is 6.04 Å². The van der Waals surface area contributed by atoms with Crippen LogP contribution < -0.4 is 15.8 Å². The average molecular weight is 315 g/mol. The van der Waals surface area contributed by atoms with Gasteiger partial charge in [0.25, 0.3) is 0 Å². The first-order valence-electron chi connectivity index (χ1n) is 6.13. The summed E-state index contributed by atoms with van der Waals surface area (Å²) in [4.78, 5) is 22.3. The molecule has 21 heavy (non-hydrogen) atoms. The summed E-state index contributed by atoms with van der Waals surface area (Å²) in [6.07, 6.45) is 0.270. The summed E-state index contributed by atoms with van der Waals surface area (Å²) < 4.78 is 22.1. The van der Waals surface area contributed by atoms with Gasteiger partial charge in [0, 0.05) is 6.54 Å². The fraction of sp³-hybridized carbons (Fsp3) is 0.333. The highest BCUT2D eigenvalue weighted by Crippen LogP contribution is 2.08. The number of carbonyl (C=O) groups is 2. The summed E-state index contributed by atoms with van der Waals surface area (Å²) in [6, 6.07) is 4.12. The number of amides is 2. The molecule has 0 heterocycles. The number of carboxylic acids is 1. The number of nitrogens with one attached hydrogen (secondary N) is 2. The van der Waals surface area contributed by atoms with Gasteiger partial charge in [-0.3, -0.25) is 0 Å². The summed E-state index contributed by atoms with van der Waals surface area (Å²) in [7, 11) is -3.74. The summed E-state index contributed by atoms with van der Waals surface area (Å²) in [6.45, 7) is 1.78. The molecule has 2 amide bonds. The van der Waals surface area contributed by atoms with E-state index in [1.165, 1.54) is 24.3 Å². The minimum atomic E-state index is -3.74. The molecule has 9 heteroatoms. The molecular formula is C12H17N3O5S. The molecule has 0 radical (unpaired) electrons. The molecule has 116 valence electrons. The van der Waals surface area contributed by atoms with Gasteiger partial charge in [0.2, 0.25) is 10.0 Å². The fourth-order valence-corrected chi connectivity index (χ4v) is 2.04. The number of aliphatic carboxylic acids is 1. The van der Waals surface area contributed by atoms with Gasteiger partial charge in [0.15, 0.2) is 0 Å². The van der Waals surface area contributed by atoms with Gasteiger partial charge in [-0.25, -0.2) is 23.1 Å². The van der Waals surface area contributed by atoms with E-state index in [1.807, 2.05) is 0 Å². The van der Waals surface area contributed by atoms with Crippen molar-refractivity contribution in [3.8, 4) is 0 Å². The number of primary sulfonamides is 1. The average Bonchev–Trinajstić information content (AvgIpc) is 2.41. The van der Waals surface area contributed by atoms with Crippen molar-refractivity contribution in [1.82, 2.24) is 10.6 Å². The van der Waals surface area contributed by atoms with Crippen LogP contribution in [-0.2, 0) is 21.4 Å². The maximum Gasteiger partial charge on any atom is 0.326 e. The lowest BCUT2D eigenvalue weighted by molar-refractivity contribution is -0.139. The smallest absolute Gasteiger partial charge is 0.326 e. The molecule has 0 saturated heterocycles. The number of hydrogen-bond acceptors (Lipinski definition) is 4. The molecule has 0 saturated carbocycles. The van der Waals surface area contributed by atoms with Crippen LogP contribution in [0, 0.1) is 0 Å². The van der Waals surface area contributed by atoms with Gasteiger partial charge < -0.3 is 15.7 Å². The Kier molecular flexibility index (Phi) is 5.68. The molecule has 0 aromatic heterocycles. The third kappa shape index (κ3) is 5.40. The number of carbonyl (C=O) groups excluding carboxylic acids is 1. The van der Waals surface area contributed by atoms with E-state index in [1.54, 1.807) is 6.92 Å². The highest BCUT2D eigenvalue weighted by atomic mass is 32.2. The van der Waals surface area contributed by atoms with Crippen molar-refractivity contribution in [2.24, 2.45) is 5.14 Å². The predicted molar refractivity (Wildman–Crippen MR) is 74.9 cm³/mol. The first-order valence-corrected chi connectivity index (χ1v) is 7.67. The maximum absolute atomic E-state index is 11.5. The molecule has 1 unspecified atom stereocenters. The third-order valence-corrected chi connectivity index (χ3v) is 3.65. The highest BCUT2D eigenvalue weighted by molar-refractivity contribution is 7.89. The zero-order valence-electron chi connectivity index (χ0n) is 11.4. The largest absolute Gasteiger partial charge is 0.480 e. The number of sulfonamides is 1. The fourth-order valence-electron chi connectivity index (χ4n) is 1.53. The van der Waals surface area contributed by atoms with E-state index in [2.05, 4.69) is 10.6 Å². The van der Waals surface area contributed by atoms with Crippen LogP contribution in [0.1, 0.15) is 18.9 Å². The van der Waals surface area contributed by atoms with E-state index in [-0.39, 0.29) is 17.9 Å². The Bertz CT molecular complexity index is 612. The minimum Gasteiger partial charge on any atom is -0.480 e. The minimum absolute atomic E-state index is 0.0207. The van der Waals surface area contributed by atoms with E-state index in [4.69, 9.17) is 10.2 Å². The van der Waals surface area contributed by atoms with E-state index >= 15 is 0 Å². The van der Waals surface area contributed by atoms with E-state index in [0.29, 0.717) is 5.56 Å². The van der Waals surface area contributed by atoms with E-state index in [0.717, 1.165) is 0 Å². The molecule has 0 bridgehead atoms. The Morgan fingerprint density at radius 1 is 1.29 bits per heavy atom. The second-order valence-electron chi connectivity index (χ2n) is 4.32. The molecular weight excluding hydrogens is 298 g/mol. The second kappa shape index (κ2) is 7.04. The lowest BCUT2D eigenvalue weighted by atomic mass is 10.2. The zero-order chi connectivity index (χ0) is 16.0. The molecule has 5 N–H and O–H groups in total. The Morgan fingerprint density at radius 2 is 1.86 bits per heavy atom. The van der Waals surface area contributed by atoms with Crippen LogP contribution in [0.2, 0.25) is 0 Å². The summed E-state index contributed by atoms with van der Waals surface area (Å²) in [5.41, 5.74) is 0.654. The molecule has 0 fully saturated rings. The number of rotatable bonds is 6. The van der Waals surface area contributed by atoms with Crippen LogP contribution >= 0.6 is 0 Å². The molecule has 0 spiro atoms. The Morgan fingerprint density at radius 3 is 2.29 bits per heavy atom. The predicted octanol–water partition coefficient (Wildman–Crippen LogP) is -0.00360. The van der Waals surface area contributed by atoms with Gasteiger partial charge in [-0.1, -0.05) is 19.1 Å². The van der Waals surface area contributed by atoms with Crippen LogP contribution in [0.15, 0.2) is 29.2 Å². The maximum atomic E-state index is 11.5. The molecule has 1 rings (SSSR count). The molecule has 1 atom stereocenters. The summed E-state index contributed by atoms with van der Waals surface area (Å²) >= 11 is 0. The molecule has 8 nitrogen and oxygen atoms in total. The lowest BCUT2D eigenvalue weighted by Gasteiger charge is -2.13. The van der Waals surface area contributed by atoms with E-state index in [9.17, 15) is 18.0 Å². The third-order valence-electron chi connectivity index (χ3n) is 2.72. The highest BCUT2D eigenvalue weighted by Gasteiger charge is 2.17. The monoisotopic (exact) mass is 315 g/mol. The molecule has 0 aliphatic carbocycles. The van der Waals surface area contributed by atoms with Crippen molar-refractivity contribution in [2.75, 3.05) is 0 Å². The Labute approximate surface area is 122 Å². The number of nitrogens with two attached hydrogens (primary N) is 1. The molecule has 1 aromatic carbocycles. The molecule has 1 aromatic rings. The van der Waals surface area contributed by atoms with Gasteiger partial charge in [-0.05, 0) is 24.1 Å². The normalized spacial score (nSPS) is 12.5. The summed E-state index contributed by atoms with van der Waals surface area (Å²) in [5.74, 6) is -1.11. The van der Waals surface area contributed by atoms with Gasteiger partial charge in [-0.15, -0.1) is 0 Å². The number of hydrogen-bond donors (Lipinski definition) is 4. The van der Waals surface area contributed by atoms with Crippen LogP contribution in [0.4, 0.5) is 4.79 Å². The molecule has 0 aliphatic heterocycles. The van der Waals surface area contributed by atoms with Crippen LogP contribution in [-0.4, -0.2) is 31.6 Å². The molecule has 0 aliphatic rings. The van der Waals surface area contributed by atoms with Gasteiger partial charge >= 0.3 is 12.0 Å². The summed E-state index contributed by atoms with van der Waals surface area (Å²) in [5, 5.41) is 18.6. The van der Waals surface area contributed by atoms with E-state index < -0.39 is 28.1 Å². The quantitative estimate of drug-likeness (QED) is 0.585. The topological polar surface area (TPSA) is 139 Å². The standard InChI is InChI=1S/C12H17N3O5S/c1-2-10(11(16)17)15-12(18)14-7-8-3-5-9(6-4-8)21(13,19)20/h3-6,10H,2,7H2,1H3,(H,16,17)(H2,13,19,20)(H2,14,15,18). The van der Waals surface area contributed by atoms with Crippen molar-refractivity contribution in [3.63, 3.8) is 0 Å². The van der Waals surface area contributed by atoms with Crippen molar-refractivity contribution in [3.05, 3.63) is 29.8 Å². The van der Waals surface area contributed by atoms with Crippen molar-refractivity contribution >= 4 is 22.0 Å². The lowest BCUT2D eigenvalue weighted by Crippen LogP contribution is -2.45. The van der Waals surface area contributed by atoms with Crippen molar-refractivity contribution in [1.29, 1.82) is 0 Å². The van der Waals surface area contributed by atoms with Gasteiger partial charge in [-0.2, -0.15) is 0 Å².